The van der Waals surface area contributed by atoms with Gasteiger partial charge in [-0.2, -0.15) is 0 Å². The van der Waals surface area contributed by atoms with Gasteiger partial charge in [-0.15, -0.1) is 0 Å². The summed E-state index contributed by atoms with van der Waals surface area (Å²) in [6, 6.07) is 14.3. The van der Waals surface area contributed by atoms with E-state index in [1.807, 2.05) is 18.2 Å². The molecule has 130 valence electrons. The van der Waals surface area contributed by atoms with Crippen molar-refractivity contribution in [2.75, 3.05) is 26.4 Å². The standard InChI is InChI=1S/C18H18N2O5/c21-20(16-6-2-4-14(12-16)18-24-9-10-25-18)19-15-5-1-3-13(11-15)17-22-7-8-23-17/h1-6,11-12,17-18H,7-10H2. The van der Waals surface area contributed by atoms with Crippen LogP contribution < -0.4 is 0 Å². The van der Waals surface area contributed by atoms with Crippen LogP contribution in [0.3, 0.4) is 0 Å². The first kappa shape index (κ1) is 16.2. The summed E-state index contributed by atoms with van der Waals surface area (Å²) in [4.78, 5) is 0.591. The smallest absolute Gasteiger partial charge is 0.245 e. The number of azo groups is 1. The molecule has 0 aliphatic carbocycles. The molecule has 2 aliphatic rings. The van der Waals surface area contributed by atoms with E-state index in [1.54, 1.807) is 30.3 Å². The fourth-order valence-corrected chi connectivity index (χ4v) is 2.79. The van der Waals surface area contributed by atoms with E-state index in [0.717, 1.165) is 11.1 Å². The Morgan fingerprint density at radius 1 is 0.800 bits per heavy atom. The molecule has 2 aromatic carbocycles. The quantitative estimate of drug-likeness (QED) is 0.481. The highest BCUT2D eigenvalue weighted by atomic mass is 16.7. The number of rotatable bonds is 4. The lowest BCUT2D eigenvalue weighted by Gasteiger charge is -2.10. The number of hydrogen-bond acceptors (Lipinski definition) is 6. The van der Waals surface area contributed by atoms with Gasteiger partial charge in [0.25, 0.3) is 0 Å². The van der Waals surface area contributed by atoms with E-state index in [2.05, 4.69) is 5.11 Å². The summed E-state index contributed by atoms with van der Waals surface area (Å²) in [7, 11) is 0. The van der Waals surface area contributed by atoms with Gasteiger partial charge in [0, 0.05) is 28.4 Å². The molecule has 25 heavy (non-hydrogen) atoms. The summed E-state index contributed by atoms with van der Waals surface area (Å²) in [5.41, 5.74) is 2.59. The maximum Gasteiger partial charge on any atom is 0.245 e. The van der Waals surface area contributed by atoms with Crippen LogP contribution in [0.4, 0.5) is 11.4 Å². The SMILES string of the molecule is [O-][N+](=Nc1cccc(C2OCCO2)c1)c1cccc(C2OCCO2)c1. The number of ether oxygens (including phenoxy) is 4. The second-order valence-corrected chi connectivity index (χ2v) is 5.71. The van der Waals surface area contributed by atoms with Crippen LogP contribution in [0.25, 0.3) is 0 Å². The van der Waals surface area contributed by atoms with E-state index in [9.17, 15) is 5.21 Å². The number of nitrogens with zero attached hydrogens (tertiary/aromatic N) is 2. The van der Waals surface area contributed by atoms with Gasteiger partial charge in [0.2, 0.25) is 5.69 Å². The van der Waals surface area contributed by atoms with Crippen molar-refractivity contribution in [1.29, 1.82) is 0 Å². The van der Waals surface area contributed by atoms with Gasteiger partial charge >= 0.3 is 0 Å². The summed E-state index contributed by atoms with van der Waals surface area (Å²) in [5, 5.41) is 16.5. The van der Waals surface area contributed by atoms with Gasteiger partial charge in [0.1, 0.15) is 5.69 Å². The lowest BCUT2D eigenvalue weighted by Crippen LogP contribution is -1.99. The van der Waals surface area contributed by atoms with Crippen LogP contribution in [-0.4, -0.2) is 31.3 Å². The molecule has 0 spiro atoms. The molecule has 0 amide bonds. The van der Waals surface area contributed by atoms with E-state index in [1.165, 1.54) is 0 Å². The highest BCUT2D eigenvalue weighted by molar-refractivity contribution is 5.40. The van der Waals surface area contributed by atoms with Crippen LogP contribution >= 0.6 is 0 Å². The molecule has 4 rings (SSSR count). The summed E-state index contributed by atoms with van der Waals surface area (Å²) in [6.45, 7) is 2.24. The molecule has 0 radical (unpaired) electrons. The van der Waals surface area contributed by atoms with Gasteiger partial charge in [-0.3, -0.25) is 0 Å². The first-order valence-corrected chi connectivity index (χ1v) is 8.15. The zero-order valence-corrected chi connectivity index (χ0v) is 13.5. The second-order valence-electron chi connectivity index (χ2n) is 5.71. The zero-order valence-electron chi connectivity index (χ0n) is 13.5. The first-order chi connectivity index (χ1) is 12.3. The van der Waals surface area contributed by atoms with Crippen molar-refractivity contribution in [3.8, 4) is 0 Å². The molecule has 0 N–H and O–H groups in total. The first-order valence-electron chi connectivity index (χ1n) is 8.15. The third-order valence-corrected chi connectivity index (χ3v) is 3.96. The van der Waals surface area contributed by atoms with E-state index < -0.39 is 12.6 Å². The van der Waals surface area contributed by atoms with Gasteiger partial charge in [0.05, 0.1) is 26.4 Å². The highest BCUT2D eigenvalue weighted by Gasteiger charge is 2.21. The normalized spacial score (nSPS) is 19.6. The topological polar surface area (TPSA) is 75.4 Å². The average Bonchev–Trinajstić information content (AvgIpc) is 3.36. The van der Waals surface area contributed by atoms with E-state index in [0.29, 0.717) is 42.7 Å². The molecule has 7 heteroatoms. The molecule has 2 saturated heterocycles. The van der Waals surface area contributed by atoms with Crippen LogP contribution in [0.5, 0.6) is 0 Å². The molecule has 0 atom stereocenters. The molecule has 2 heterocycles. The Hall–Kier alpha value is -2.32. The zero-order chi connectivity index (χ0) is 17.1. The van der Waals surface area contributed by atoms with Crippen molar-refractivity contribution < 1.29 is 23.8 Å². The minimum Gasteiger partial charge on any atom is -0.594 e. The minimum atomic E-state index is -0.423. The maximum atomic E-state index is 12.4. The van der Waals surface area contributed by atoms with Crippen molar-refractivity contribution >= 4 is 11.4 Å². The van der Waals surface area contributed by atoms with Crippen LogP contribution in [-0.2, 0) is 18.9 Å². The molecule has 2 fully saturated rings. The van der Waals surface area contributed by atoms with E-state index in [4.69, 9.17) is 18.9 Å². The van der Waals surface area contributed by atoms with Gasteiger partial charge in [-0.05, 0) is 12.1 Å². The second kappa shape index (κ2) is 7.28. The third kappa shape index (κ3) is 3.69. The lowest BCUT2D eigenvalue weighted by atomic mass is 10.2. The highest BCUT2D eigenvalue weighted by Crippen LogP contribution is 2.29. The number of hydrogen-bond donors (Lipinski definition) is 0. The lowest BCUT2D eigenvalue weighted by molar-refractivity contribution is -0.435. The van der Waals surface area contributed by atoms with Crippen LogP contribution in [0, 0.1) is 5.21 Å². The predicted molar refractivity (Wildman–Crippen MR) is 87.5 cm³/mol. The Morgan fingerprint density at radius 3 is 2.00 bits per heavy atom. The fourth-order valence-electron chi connectivity index (χ4n) is 2.79. The monoisotopic (exact) mass is 342 g/mol. The van der Waals surface area contributed by atoms with Crippen molar-refractivity contribution in [3.05, 3.63) is 64.9 Å². The van der Waals surface area contributed by atoms with Gasteiger partial charge in [-0.25, -0.2) is 0 Å². The van der Waals surface area contributed by atoms with Crippen LogP contribution in [0.1, 0.15) is 23.7 Å². The largest absolute Gasteiger partial charge is 0.594 e. The molecule has 0 aromatic heterocycles. The molecule has 2 aliphatic heterocycles. The summed E-state index contributed by atoms with van der Waals surface area (Å²) in [6.07, 6.45) is -0.816. The molecular formula is C18H18N2O5. The molecule has 7 nitrogen and oxygen atoms in total. The van der Waals surface area contributed by atoms with Crippen LogP contribution in [0.15, 0.2) is 53.6 Å². The maximum absolute atomic E-state index is 12.4. The molecular weight excluding hydrogens is 324 g/mol. The summed E-state index contributed by atoms with van der Waals surface area (Å²) in [5.74, 6) is 0. The Bertz CT molecular complexity index is 768. The Balaban J connectivity index is 1.56. The van der Waals surface area contributed by atoms with Crippen molar-refractivity contribution in [2.24, 2.45) is 5.11 Å². The van der Waals surface area contributed by atoms with Crippen molar-refractivity contribution in [2.45, 2.75) is 12.6 Å². The Labute approximate surface area is 145 Å². The third-order valence-electron chi connectivity index (χ3n) is 3.96. The fraction of sp³-hybridized carbons (Fsp3) is 0.333. The van der Waals surface area contributed by atoms with E-state index in [-0.39, 0.29) is 0 Å². The predicted octanol–water partition coefficient (Wildman–Crippen LogP) is 3.70. The van der Waals surface area contributed by atoms with Gasteiger partial charge < -0.3 is 24.2 Å². The molecule has 2 aromatic rings. The summed E-state index contributed by atoms with van der Waals surface area (Å²) >= 11 is 0. The number of benzene rings is 2. The Kier molecular flexibility index (Phi) is 4.71. The molecule has 0 bridgehead atoms. The van der Waals surface area contributed by atoms with Gasteiger partial charge in [-0.1, -0.05) is 29.1 Å². The molecule has 0 unspecified atom stereocenters. The summed E-state index contributed by atoms with van der Waals surface area (Å²) < 4.78 is 21.9. The van der Waals surface area contributed by atoms with Crippen molar-refractivity contribution in [1.82, 2.24) is 0 Å². The van der Waals surface area contributed by atoms with Crippen LogP contribution in [0.2, 0.25) is 0 Å². The van der Waals surface area contributed by atoms with Crippen molar-refractivity contribution in [3.63, 3.8) is 0 Å². The average molecular weight is 342 g/mol. The molecule has 0 saturated carbocycles. The van der Waals surface area contributed by atoms with Gasteiger partial charge in [0.15, 0.2) is 12.6 Å². The minimum absolute atomic E-state index is 0.393. The Morgan fingerprint density at radius 2 is 1.36 bits per heavy atom. The van der Waals surface area contributed by atoms with E-state index >= 15 is 0 Å².